The topological polar surface area (TPSA) is 102 Å². The molecule has 0 heterocycles. The number of carbonyl (C=O) groups excluding carboxylic acids is 2. The number of carboxylic acids is 1. The normalized spacial score (nSPS) is 16.2. The van der Waals surface area contributed by atoms with Crippen LogP contribution in [-0.2, 0) is 19.1 Å². The van der Waals surface area contributed by atoms with Gasteiger partial charge in [-0.15, -0.1) is 0 Å². The average Bonchev–Trinajstić information content (AvgIpc) is 2.56. The zero-order valence-corrected chi connectivity index (χ0v) is 14.5. The molecule has 24 heavy (non-hydrogen) atoms. The molecule has 1 aliphatic carbocycles. The first-order chi connectivity index (χ1) is 11.5. The van der Waals surface area contributed by atoms with Crippen molar-refractivity contribution < 1.29 is 29.0 Å². The fraction of sp³-hybridized carbons (Fsp3) is 0.824. The minimum absolute atomic E-state index is 0.0794. The summed E-state index contributed by atoms with van der Waals surface area (Å²) in [6, 6.07) is 0. The Morgan fingerprint density at radius 2 is 1.67 bits per heavy atom. The number of alkyl carbamates (subject to hydrolysis) is 1. The van der Waals surface area contributed by atoms with E-state index in [-0.39, 0.29) is 24.4 Å². The van der Waals surface area contributed by atoms with Crippen LogP contribution in [0.15, 0.2) is 0 Å². The van der Waals surface area contributed by atoms with Gasteiger partial charge in [0, 0.05) is 13.0 Å². The van der Waals surface area contributed by atoms with Crippen molar-refractivity contribution >= 4 is 18.0 Å². The van der Waals surface area contributed by atoms with Gasteiger partial charge >= 0.3 is 18.0 Å². The maximum Gasteiger partial charge on any atom is 0.407 e. The third-order valence-corrected chi connectivity index (χ3v) is 4.37. The molecule has 0 saturated heterocycles. The second-order valence-corrected chi connectivity index (χ2v) is 6.40. The van der Waals surface area contributed by atoms with Crippen molar-refractivity contribution in [1.29, 1.82) is 0 Å². The highest BCUT2D eigenvalue weighted by molar-refractivity contribution is 5.69. The number of aliphatic carboxylic acids is 1. The van der Waals surface area contributed by atoms with Crippen molar-refractivity contribution in [3.63, 3.8) is 0 Å². The molecule has 0 aromatic carbocycles. The first-order valence-electron chi connectivity index (χ1n) is 8.75. The molecule has 0 aromatic heterocycles. The molecule has 1 saturated carbocycles. The SMILES string of the molecule is CCC(=O)OCCCCOC(=O)NCC1(CC(=O)O)CCCCC1. The molecule has 138 valence electrons. The number of hydrogen-bond donors (Lipinski definition) is 2. The lowest BCUT2D eigenvalue weighted by Gasteiger charge is -2.36. The third kappa shape index (κ3) is 8.17. The number of hydrogen-bond acceptors (Lipinski definition) is 5. The smallest absolute Gasteiger partial charge is 0.407 e. The van der Waals surface area contributed by atoms with Gasteiger partial charge < -0.3 is 19.9 Å². The lowest BCUT2D eigenvalue weighted by molar-refractivity contribution is -0.143. The number of ether oxygens (including phenoxy) is 2. The van der Waals surface area contributed by atoms with Crippen molar-refractivity contribution in [3.8, 4) is 0 Å². The summed E-state index contributed by atoms with van der Waals surface area (Å²) >= 11 is 0. The first kappa shape index (κ1) is 20.3. The first-order valence-corrected chi connectivity index (χ1v) is 8.75. The number of unbranched alkanes of at least 4 members (excludes halogenated alkanes) is 1. The standard InChI is InChI=1S/C17H29NO6/c1-2-15(21)23-10-6-7-11-24-16(22)18-13-17(12-14(19)20)8-4-3-5-9-17/h2-13H2,1H3,(H,18,22)(H,19,20). The molecule has 0 aromatic rings. The average molecular weight is 343 g/mol. The Morgan fingerprint density at radius 1 is 1.04 bits per heavy atom. The summed E-state index contributed by atoms with van der Waals surface area (Å²) in [5, 5.41) is 11.8. The van der Waals surface area contributed by atoms with Crippen LogP contribution in [0.4, 0.5) is 4.79 Å². The van der Waals surface area contributed by atoms with E-state index >= 15 is 0 Å². The number of esters is 1. The zero-order chi connectivity index (χ0) is 17.8. The molecule has 0 radical (unpaired) electrons. The molecule has 0 bridgehead atoms. The Kier molecular flexibility index (Phi) is 9.19. The monoisotopic (exact) mass is 343 g/mol. The van der Waals surface area contributed by atoms with E-state index in [1.165, 1.54) is 0 Å². The highest BCUT2D eigenvalue weighted by Gasteiger charge is 2.34. The second-order valence-electron chi connectivity index (χ2n) is 6.40. The van der Waals surface area contributed by atoms with Crippen LogP contribution >= 0.6 is 0 Å². The van der Waals surface area contributed by atoms with E-state index in [0.29, 0.717) is 32.4 Å². The Labute approximate surface area is 143 Å². The summed E-state index contributed by atoms with van der Waals surface area (Å²) in [5.41, 5.74) is -0.350. The van der Waals surface area contributed by atoms with Crippen molar-refractivity contribution in [2.24, 2.45) is 5.41 Å². The Balaban J connectivity index is 2.19. The van der Waals surface area contributed by atoms with Crippen LogP contribution in [0.25, 0.3) is 0 Å². The summed E-state index contributed by atoms with van der Waals surface area (Å²) in [6.45, 7) is 2.66. The number of carboxylic acid groups (broad SMARTS) is 1. The van der Waals surface area contributed by atoms with Crippen LogP contribution in [0.1, 0.15) is 64.7 Å². The van der Waals surface area contributed by atoms with Crippen molar-refractivity contribution in [3.05, 3.63) is 0 Å². The molecule has 0 aliphatic heterocycles. The van der Waals surface area contributed by atoms with E-state index in [0.717, 1.165) is 32.1 Å². The Bertz CT molecular complexity index is 417. The van der Waals surface area contributed by atoms with Gasteiger partial charge in [0.05, 0.1) is 19.6 Å². The van der Waals surface area contributed by atoms with Crippen LogP contribution in [0.5, 0.6) is 0 Å². The van der Waals surface area contributed by atoms with E-state index in [1.54, 1.807) is 6.92 Å². The van der Waals surface area contributed by atoms with Crippen molar-refractivity contribution in [2.45, 2.75) is 64.7 Å². The van der Waals surface area contributed by atoms with Crippen molar-refractivity contribution in [1.82, 2.24) is 5.32 Å². The van der Waals surface area contributed by atoms with Gasteiger partial charge in [0.15, 0.2) is 0 Å². The van der Waals surface area contributed by atoms with Crippen LogP contribution in [0.3, 0.4) is 0 Å². The fourth-order valence-corrected chi connectivity index (χ4v) is 3.01. The van der Waals surface area contributed by atoms with Crippen LogP contribution in [0.2, 0.25) is 0 Å². The van der Waals surface area contributed by atoms with Gasteiger partial charge in [0.2, 0.25) is 0 Å². The highest BCUT2D eigenvalue weighted by atomic mass is 16.5. The summed E-state index contributed by atoms with van der Waals surface area (Å²) in [7, 11) is 0. The Hall–Kier alpha value is -1.79. The molecule has 0 atom stereocenters. The fourth-order valence-electron chi connectivity index (χ4n) is 3.01. The van der Waals surface area contributed by atoms with Gasteiger partial charge in [0.25, 0.3) is 0 Å². The van der Waals surface area contributed by atoms with Crippen LogP contribution in [-0.4, -0.2) is 42.9 Å². The predicted molar refractivity (Wildman–Crippen MR) is 87.6 cm³/mol. The molecule has 0 spiro atoms. The van der Waals surface area contributed by atoms with E-state index < -0.39 is 12.1 Å². The molecule has 1 amide bonds. The maximum absolute atomic E-state index is 11.7. The molecule has 1 rings (SSSR count). The molecular formula is C17H29NO6. The number of carbonyl (C=O) groups is 3. The lowest BCUT2D eigenvalue weighted by atomic mass is 9.72. The third-order valence-electron chi connectivity index (χ3n) is 4.37. The molecule has 0 unspecified atom stereocenters. The summed E-state index contributed by atoms with van der Waals surface area (Å²) in [5.74, 6) is -1.06. The van der Waals surface area contributed by atoms with Gasteiger partial charge in [0.1, 0.15) is 0 Å². The van der Waals surface area contributed by atoms with Crippen molar-refractivity contribution in [2.75, 3.05) is 19.8 Å². The van der Waals surface area contributed by atoms with E-state index in [2.05, 4.69) is 5.32 Å². The van der Waals surface area contributed by atoms with Gasteiger partial charge in [-0.3, -0.25) is 9.59 Å². The zero-order valence-electron chi connectivity index (χ0n) is 14.5. The molecule has 7 heteroatoms. The minimum Gasteiger partial charge on any atom is -0.481 e. The molecule has 2 N–H and O–H groups in total. The van der Waals surface area contributed by atoms with Gasteiger partial charge in [-0.1, -0.05) is 26.2 Å². The number of amides is 1. The van der Waals surface area contributed by atoms with Gasteiger partial charge in [-0.05, 0) is 31.1 Å². The summed E-state index contributed by atoms with van der Waals surface area (Å²) < 4.78 is 10.0. The van der Waals surface area contributed by atoms with Crippen LogP contribution in [0, 0.1) is 5.41 Å². The van der Waals surface area contributed by atoms with E-state index in [9.17, 15) is 14.4 Å². The largest absolute Gasteiger partial charge is 0.481 e. The molecular weight excluding hydrogens is 314 g/mol. The number of rotatable bonds is 10. The number of nitrogens with one attached hydrogen (secondary N) is 1. The predicted octanol–water partition coefficient (Wildman–Crippen LogP) is 2.87. The molecule has 7 nitrogen and oxygen atoms in total. The summed E-state index contributed by atoms with van der Waals surface area (Å²) in [4.78, 5) is 33.7. The minimum atomic E-state index is -0.825. The molecule has 1 aliphatic rings. The van der Waals surface area contributed by atoms with Gasteiger partial charge in [-0.2, -0.15) is 0 Å². The Morgan fingerprint density at radius 3 is 2.25 bits per heavy atom. The van der Waals surface area contributed by atoms with Gasteiger partial charge in [-0.25, -0.2) is 4.79 Å². The molecule has 1 fully saturated rings. The van der Waals surface area contributed by atoms with E-state index in [4.69, 9.17) is 14.6 Å². The highest BCUT2D eigenvalue weighted by Crippen LogP contribution is 2.38. The second kappa shape index (κ2) is 10.9. The summed E-state index contributed by atoms with van der Waals surface area (Å²) in [6.07, 6.45) is 5.94. The van der Waals surface area contributed by atoms with E-state index in [1.807, 2.05) is 0 Å². The lowest BCUT2D eigenvalue weighted by Crippen LogP contribution is -2.40. The van der Waals surface area contributed by atoms with Crippen LogP contribution < -0.4 is 5.32 Å². The quantitative estimate of drug-likeness (QED) is 0.467. The maximum atomic E-state index is 11.7.